The Morgan fingerprint density at radius 2 is 2.13 bits per heavy atom. The van der Waals surface area contributed by atoms with Gasteiger partial charge in [0.25, 0.3) is 5.69 Å². The van der Waals surface area contributed by atoms with Crippen molar-refractivity contribution < 1.29 is 4.92 Å². The van der Waals surface area contributed by atoms with Crippen molar-refractivity contribution in [3.63, 3.8) is 0 Å². The predicted octanol–water partition coefficient (Wildman–Crippen LogP) is 2.29. The second-order valence-electron chi connectivity index (χ2n) is 3.19. The quantitative estimate of drug-likeness (QED) is 0.601. The molecule has 15 heavy (non-hydrogen) atoms. The molecule has 0 saturated heterocycles. The number of rotatable bonds is 2. The number of benzene rings is 1. The van der Waals surface area contributed by atoms with Gasteiger partial charge in [-0.25, -0.2) is 0 Å². The van der Waals surface area contributed by atoms with Crippen LogP contribution in [0.5, 0.6) is 0 Å². The van der Waals surface area contributed by atoms with Gasteiger partial charge in [-0.2, -0.15) is 5.10 Å². The van der Waals surface area contributed by atoms with Crippen molar-refractivity contribution in [1.29, 1.82) is 0 Å². The molecule has 76 valence electrons. The predicted molar refractivity (Wildman–Crippen MR) is 55.4 cm³/mol. The summed E-state index contributed by atoms with van der Waals surface area (Å²) < 4.78 is 0. The first-order valence-corrected chi connectivity index (χ1v) is 4.44. The summed E-state index contributed by atoms with van der Waals surface area (Å²) >= 11 is 0. The molecule has 0 unspecified atom stereocenters. The average Bonchev–Trinajstić information content (AvgIpc) is 2.64. The second kappa shape index (κ2) is 3.53. The molecule has 0 atom stereocenters. The zero-order chi connectivity index (χ0) is 10.8. The van der Waals surface area contributed by atoms with Gasteiger partial charge in [0, 0.05) is 12.3 Å². The van der Waals surface area contributed by atoms with Gasteiger partial charge < -0.3 is 0 Å². The van der Waals surface area contributed by atoms with Crippen molar-refractivity contribution in [2.45, 2.75) is 6.92 Å². The lowest BCUT2D eigenvalue weighted by Gasteiger charge is -1.99. The monoisotopic (exact) mass is 203 g/mol. The molecule has 0 spiro atoms. The number of aromatic nitrogens is 2. The van der Waals surface area contributed by atoms with Gasteiger partial charge in [-0.3, -0.25) is 15.2 Å². The Bertz CT molecular complexity index is 505. The summed E-state index contributed by atoms with van der Waals surface area (Å²) in [5.74, 6) is 0. The van der Waals surface area contributed by atoms with E-state index >= 15 is 0 Å². The number of nitro groups is 1. The minimum atomic E-state index is -0.399. The van der Waals surface area contributed by atoms with E-state index in [2.05, 4.69) is 10.2 Å². The molecule has 0 aliphatic heterocycles. The molecule has 0 fully saturated rings. The summed E-state index contributed by atoms with van der Waals surface area (Å²) in [6, 6.07) is 6.57. The number of aryl methyl sites for hydroxylation is 1. The van der Waals surface area contributed by atoms with Crippen LogP contribution in [0.15, 0.2) is 30.5 Å². The van der Waals surface area contributed by atoms with Crippen LogP contribution in [0.4, 0.5) is 5.69 Å². The SMILES string of the molecule is Cc1c[nH]nc1-c1ccccc1[N+](=O)[O-]. The van der Waals surface area contributed by atoms with E-state index in [0.29, 0.717) is 11.3 Å². The molecule has 1 aromatic carbocycles. The smallest absolute Gasteiger partial charge is 0.278 e. The molecule has 5 nitrogen and oxygen atoms in total. The van der Waals surface area contributed by atoms with Gasteiger partial charge >= 0.3 is 0 Å². The Balaban J connectivity index is 2.63. The molecule has 1 N–H and O–H groups in total. The summed E-state index contributed by atoms with van der Waals surface area (Å²) in [5, 5.41) is 17.5. The van der Waals surface area contributed by atoms with Crippen molar-refractivity contribution in [3.05, 3.63) is 46.1 Å². The van der Waals surface area contributed by atoms with E-state index < -0.39 is 4.92 Å². The highest BCUT2D eigenvalue weighted by molar-refractivity contribution is 5.72. The molecule has 2 aromatic rings. The largest absolute Gasteiger partial charge is 0.285 e. The number of nitro benzene ring substituents is 1. The number of hydrogen-bond donors (Lipinski definition) is 1. The molecule has 0 amide bonds. The lowest BCUT2D eigenvalue weighted by atomic mass is 10.1. The molecule has 0 bridgehead atoms. The first-order valence-electron chi connectivity index (χ1n) is 4.44. The highest BCUT2D eigenvalue weighted by Crippen LogP contribution is 2.29. The minimum absolute atomic E-state index is 0.0766. The molecular formula is C10H9N3O2. The zero-order valence-corrected chi connectivity index (χ0v) is 8.10. The van der Waals surface area contributed by atoms with E-state index in [1.54, 1.807) is 24.4 Å². The van der Waals surface area contributed by atoms with Gasteiger partial charge in [-0.05, 0) is 18.6 Å². The molecule has 0 radical (unpaired) electrons. The first-order chi connectivity index (χ1) is 7.20. The summed E-state index contributed by atoms with van der Waals surface area (Å²) in [7, 11) is 0. The number of nitrogens with zero attached hydrogens (tertiary/aromatic N) is 2. The Labute approximate surface area is 85.9 Å². The van der Waals surface area contributed by atoms with E-state index in [1.807, 2.05) is 6.92 Å². The number of para-hydroxylation sites is 1. The van der Waals surface area contributed by atoms with Crippen LogP contribution in [0.2, 0.25) is 0 Å². The minimum Gasteiger partial charge on any atom is -0.285 e. The van der Waals surface area contributed by atoms with E-state index in [4.69, 9.17) is 0 Å². The van der Waals surface area contributed by atoms with Crippen LogP contribution >= 0.6 is 0 Å². The summed E-state index contributed by atoms with van der Waals surface area (Å²) in [6.07, 6.45) is 1.71. The third-order valence-corrected chi connectivity index (χ3v) is 2.19. The van der Waals surface area contributed by atoms with Gasteiger partial charge in [-0.15, -0.1) is 0 Å². The normalized spacial score (nSPS) is 10.2. The van der Waals surface area contributed by atoms with E-state index in [0.717, 1.165) is 5.56 Å². The second-order valence-corrected chi connectivity index (χ2v) is 3.19. The van der Waals surface area contributed by atoms with Gasteiger partial charge in [-0.1, -0.05) is 12.1 Å². The lowest BCUT2D eigenvalue weighted by molar-refractivity contribution is -0.384. The number of nitrogens with one attached hydrogen (secondary N) is 1. The molecule has 0 aliphatic carbocycles. The fourth-order valence-electron chi connectivity index (χ4n) is 1.46. The number of aromatic amines is 1. The Morgan fingerprint density at radius 3 is 2.73 bits per heavy atom. The van der Waals surface area contributed by atoms with E-state index in [1.165, 1.54) is 6.07 Å². The zero-order valence-electron chi connectivity index (χ0n) is 8.10. The number of hydrogen-bond acceptors (Lipinski definition) is 3. The van der Waals surface area contributed by atoms with Crippen LogP contribution in [0.1, 0.15) is 5.56 Å². The highest BCUT2D eigenvalue weighted by atomic mass is 16.6. The van der Waals surface area contributed by atoms with Crippen molar-refractivity contribution in [1.82, 2.24) is 10.2 Å². The van der Waals surface area contributed by atoms with E-state index in [-0.39, 0.29) is 5.69 Å². The summed E-state index contributed by atoms with van der Waals surface area (Å²) in [6.45, 7) is 1.86. The van der Waals surface area contributed by atoms with Crippen LogP contribution in [-0.4, -0.2) is 15.1 Å². The van der Waals surface area contributed by atoms with Gasteiger partial charge in [0.1, 0.15) is 5.69 Å². The van der Waals surface area contributed by atoms with Crippen molar-refractivity contribution in [2.24, 2.45) is 0 Å². The fraction of sp³-hybridized carbons (Fsp3) is 0.100. The third-order valence-electron chi connectivity index (χ3n) is 2.19. The molecule has 1 aromatic heterocycles. The molecule has 5 heteroatoms. The highest BCUT2D eigenvalue weighted by Gasteiger charge is 2.17. The molecule has 0 aliphatic rings. The van der Waals surface area contributed by atoms with Crippen LogP contribution < -0.4 is 0 Å². The third kappa shape index (κ3) is 1.59. The Hall–Kier alpha value is -2.17. The van der Waals surface area contributed by atoms with Gasteiger partial charge in [0.15, 0.2) is 0 Å². The standard InChI is InChI=1S/C10H9N3O2/c1-7-6-11-12-10(7)8-4-2-3-5-9(8)13(14)15/h2-6H,1H3,(H,11,12). The van der Waals surface area contributed by atoms with Crippen LogP contribution in [0.25, 0.3) is 11.3 Å². The van der Waals surface area contributed by atoms with Crippen LogP contribution in [0, 0.1) is 17.0 Å². The topological polar surface area (TPSA) is 71.8 Å². The average molecular weight is 203 g/mol. The fourth-order valence-corrected chi connectivity index (χ4v) is 1.46. The maximum Gasteiger partial charge on any atom is 0.278 e. The van der Waals surface area contributed by atoms with Crippen LogP contribution in [-0.2, 0) is 0 Å². The van der Waals surface area contributed by atoms with Crippen molar-refractivity contribution >= 4 is 5.69 Å². The molecular weight excluding hydrogens is 194 g/mol. The van der Waals surface area contributed by atoms with Gasteiger partial charge in [0.05, 0.1) is 10.5 Å². The lowest BCUT2D eigenvalue weighted by Crippen LogP contribution is -1.92. The molecule has 1 heterocycles. The maximum absolute atomic E-state index is 10.8. The first kappa shape index (κ1) is 9.39. The summed E-state index contributed by atoms with van der Waals surface area (Å²) in [5.41, 5.74) is 2.14. The Kier molecular flexibility index (Phi) is 2.21. The van der Waals surface area contributed by atoms with Crippen LogP contribution in [0.3, 0.4) is 0 Å². The van der Waals surface area contributed by atoms with E-state index in [9.17, 15) is 10.1 Å². The summed E-state index contributed by atoms with van der Waals surface area (Å²) in [4.78, 5) is 10.4. The van der Waals surface area contributed by atoms with Gasteiger partial charge in [0.2, 0.25) is 0 Å². The maximum atomic E-state index is 10.8. The molecule has 2 rings (SSSR count). The number of H-pyrrole nitrogens is 1. The Morgan fingerprint density at radius 1 is 1.40 bits per heavy atom. The van der Waals surface area contributed by atoms with Crippen molar-refractivity contribution in [2.75, 3.05) is 0 Å². The molecule has 0 saturated carbocycles. The van der Waals surface area contributed by atoms with Crippen molar-refractivity contribution in [3.8, 4) is 11.3 Å².